The maximum atomic E-state index is 12.5. The summed E-state index contributed by atoms with van der Waals surface area (Å²) >= 11 is 0. The Morgan fingerprint density at radius 1 is 0.727 bits per heavy atom. The second-order valence-corrected chi connectivity index (χ2v) is 9.70. The molecule has 44 heavy (non-hydrogen) atoms. The number of Topliss-reactive ketones (excluding diaryl/α,β-unsaturated/α-hetero) is 1. The number of aromatic nitrogens is 3. The summed E-state index contributed by atoms with van der Waals surface area (Å²) in [5, 5.41) is 19.0. The maximum Gasteiger partial charge on any atom is 0.338 e. The fraction of sp³-hybridized carbons (Fsp3) is 0.281. The van der Waals surface area contributed by atoms with E-state index in [1.807, 2.05) is 30.3 Å². The van der Waals surface area contributed by atoms with Crippen LogP contribution in [0.15, 0.2) is 78.9 Å². The molecule has 0 radical (unpaired) electrons. The summed E-state index contributed by atoms with van der Waals surface area (Å²) < 4.78 is 16.5. The molecule has 230 valence electrons. The van der Waals surface area contributed by atoms with Gasteiger partial charge in [0.05, 0.1) is 25.4 Å². The van der Waals surface area contributed by atoms with Crippen LogP contribution in [-0.2, 0) is 25.6 Å². The number of benzene rings is 3. The molecule has 12 nitrogen and oxygen atoms in total. The number of ketones is 1. The fourth-order valence-corrected chi connectivity index (χ4v) is 3.85. The molecule has 0 saturated carbocycles. The van der Waals surface area contributed by atoms with Crippen LogP contribution in [0, 0.1) is 0 Å². The number of anilines is 5. The summed E-state index contributed by atoms with van der Waals surface area (Å²) in [6.45, 7) is 3.99. The minimum Gasteiger partial charge on any atom is -0.508 e. The van der Waals surface area contributed by atoms with Crippen LogP contribution in [0.1, 0.15) is 35.7 Å². The smallest absolute Gasteiger partial charge is 0.338 e. The summed E-state index contributed by atoms with van der Waals surface area (Å²) in [6, 6.07) is 22.8. The van der Waals surface area contributed by atoms with Gasteiger partial charge in [-0.15, -0.1) is 0 Å². The molecule has 0 bridgehead atoms. The highest BCUT2D eigenvalue weighted by atomic mass is 16.5. The van der Waals surface area contributed by atoms with E-state index in [9.17, 15) is 14.7 Å². The topological polar surface area (TPSA) is 157 Å². The number of nitrogens with one attached hydrogen (secondary N) is 3. The van der Waals surface area contributed by atoms with Crippen LogP contribution in [0.4, 0.5) is 29.2 Å². The number of carbonyl (C=O) groups is 2. The minimum absolute atomic E-state index is 0.143. The van der Waals surface area contributed by atoms with Crippen molar-refractivity contribution in [2.24, 2.45) is 0 Å². The summed E-state index contributed by atoms with van der Waals surface area (Å²) in [7, 11) is 0. The summed E-state index contributed by atoms with van der Waals surface area (Å²) in [6.07, 6.45) is 1.23. The molecule has 1 heterocycles. The van der Waals surface area contributed by atoms with Gasteiger partial charge >= 0.3 is 5.97 Å². The Morgan fingerprint density at radius 2 is 1.32 bits per heavy atom. The summed E-state index contributed by atoms with van der Waals surface area (Å²) in [5.41, 5.74) is 2.66. The number of aromatic hydroxyl groups is 1. The molecule has 0 aliphatic carbocycles. The number of phenolic OH excluding ortho intramolecular Hbond substituents is 1. The van der Waals surface area contributed by atoms with E-state index in [0.717, 1.165) is 5.56 Å². The van der Waals surface area contributed by atoms with E-state index < -0.39 is 5.97 Å². The number of esters is 1. The van der Waals surface area contributed by atoms with Crippen LogP contribution in [0.3, 0.4) is 0 Å². The highest BCUT2D eigenvalue weighted by Gasteiger charge is 2.11. The van der Waals surface area contributed by atoms with Gasteiger partial charge in [0.2, 0.25) is 17.8 Å². The van der Waals surface area contributed by atoms with Crippen molar-refractivity contribution in [3.05, 3.63) is 90.0 Å². The van der Waals surface area contributed by atoms with Crippen LogP contribution in [-0.4, -0.2) is 64.8 Å². The van der Waals surface area contributed by atoms with E-state index in [-0.39, 0.29) is 30.0 Å². The first-order valence-corrected chi connectivity index (χ1v) is 14.2. The average Bonchev–Trinajstić information content (AvgIpc) is 3.02. The predicted molar refractivity (Wildman–Crippen MR) is 167 cm³/mol. The van der Waals surface area contributed by atoms with Crippen LogP contribution >= 0.6 is 0 Å². The van der Waals surface area contributed by atoms with Gasteiger partial charge in [0.15, 0.2) is 0 Å². The third-order valence-corrected chi connectivity index (χ3v) is 6.07. The zero-order chi connectivity index (χ0) is 31.0. The second kappa shape index (κ2) is 17.1. The number of hydrogen-bond donors (Lipinski definition) is 4. The first-order valence-electron chi connectivity index (χ1n) is 14.2. The van der Waals surface area contributed by atoms with E-state index in [1.54, 1.807) is 55.5 Å². The molecule has 0 aliphatic heterocycles. The Hall–Kier alpha value is -5.07. The van der Waals surface area contributed by atoms with Crippen LogP contribution < -0.4 is 16.0 Å². The van der Waals surface area contributed by atoms with Gasteiger partial charge in [0.1, 0.15) is 18.1 Å². The van der Waals surface area contributed by atoms with Gasteiger partial charge < -0.3 is 40.1 Å². The Morgan fingerprint density at radius 3 is 1.95 bits per heavy atom. The van der Waals surface area contributed by atoms with Crippen molar-refractivity contribution in [3.8, 4) is 5.75 Å². The van der Waals surface area contributed by atoms with Crippen LogP contribution in [0.2, 0.25) is 0 Å². The van der Waals surface area contributed by atoms with Gasteiger partial charge in [-0.2, -0.15) is 15.0 Å². The minimum atomic E-state index is -0.422. The van der Waals surface area contributed by atoms with Crippen molar-refractivity contribution >= 4 is 41.0 Å². The SMILES string of the molecule is CC(=O)CCCOCCOCCNc1nc(Nc2ccc(O)cc2)nc(Nc2ccc(C(=O)OCc3ccccc3)cc2)n1. The molecule has 0 spiro atoms. The molecule has 0 aliphatic rings. The molecular formula is C32H36N6O6. The number of phenols is 1. The molecule has 4 aromatic rings. The van der Waals surface area contributed by atoms with E-state index in [4.69, 9.17) is 14.2 Å². The highest BCUT2D eigenvalue weighted by molar-refractivity contribution is 5.89. The van der Waals surface area contributed by atoms with Crippen molar-refractivity contribution in [2.75, 3.05) is 48.9 Å². The molecule has 0 unspecified atom stereocenters. The van der Waals surface area contributed by atoms with Gasteiger partial charge in [0, 0.05) is 30.9 Å². The third kappa shape index (κ3) is 11.3. The third-order valence-electron chi connectivity index (χ3n) is 6.07. The molecule has 0 atom stereocenters. The lowest BCUT2D eigenvalue weighted by Gasteiger charge is -2.12. The molecule has 4 rings (SSSR count). The van der Waals surface area contributed by atoms with Crippen molar-refractivity contribution in [3.63, 3.8) is 0 Å². The lowest BCUT2D eigenvalue weighted by Crippen LogP contribution is -2.15. The molecule has 0 fully saturated rings. The largest absolute Gasteiger partial charge is 0.508 e. The average molecular weight is 601 g/mol. The van der Waals surface area contributed by atoms with Gasteiger partial charge in [0.25, 0.3) is 0 Å². The standard InChI is InChI=1S/C32H36N6O6/c1-23(39)6-5-18-42-20-21-43-19-17-33-30-36-31(38-32(37-30)35-27-13-15-28(40)16-14-27)34-26-11-9-25(10-12-26)29(41)44-22-24-7-3-2-4-8-24/h2-4,7-16,40H,5-6,17-22H2,1H3,(H3,33,34,35,36,37,38). The molecule has 0 saturated heterocycles. The zero-order valence-corrected chi connectivity index (χ0v) is 24.5. The van der Waals surface area contributed by atoms with Crippen molar-refractivity contribution in [2.45, 2.75) is 26.4 Å². The number of ether oxygens (including phenoxy) is 3. The lowest BCUT2D eigenvalue weighted by molar-refractivity contribution is -0.117. The van der Waals surface area contributed by atoms with Crippen molar-refractivity contribution in [1.82, 2.24) is 15.0 Å². The van der Waals surface area contributed by atoms with Gasteiger partial charge in [-0.3, -0.25) is 0 Å². The van der Waals surface area contributed by atoms with E-state index in [1.165, 1.54) is 0 Å². The first kappa shape index (κ1) is 31.9. The van der Waals surface area contributed by atoms with Crippen LogP contribution in [0.25, 0.3) is 0 Å². The predicted octanol–water partition coefficient (Wildman–Crippen LogP) is 5.24. The fourth-order valence-electron chi connectivity index (χ4n) is 3.85. The molecule has 4 N–H and O–H groups in total. The van der Waals surface area contributed by atoms with Crippen LogP contribution in [0.5, 0.6) is 5.75 Å². The number of carbonyl (C=O) groups excluding carboxylic acids is 2. The van der Waals surface area contributed by atoms with Crippen molar-refractivity contribution < 1.29 is 28.9 Å². The highest BCUT2D eigenvalue weighted by Crippen LogP contribution is 2.21. The Bertz CT molecular complexity index is 1470. The molecule has 0 amide bonds. The molecular weight excluding hydrogens is 564 g/mol. The zero-order valence-electron chi connectivity index (χ0n) is 24.5. The lowest BCUT2D eigenvalue weighted by atomic mass is 10.2. The second-order valence-electron chi connectivity index (χ2n) is 9.70. The van der Waals surface area contributed by atoms with Gasteiger partial charge in [-0.25, -0.2) is 4.79 Å². The molecule has 1 aromatic heterocycles. The Labute approximate surface area is 255 Å². The van der Waals surface area contributed by atoms with E-state index in [2.05, 4.69) is 30.9 Å². The van der Waals surface area contributed by atoms with E-state index >= 15 is 0 Å². The number of nitrogens with zero attached hydrogens (tertiary/aromatic N) is 3. The van der Waals surface area contributed by atoms with Crippen molar-refractivity contribution in [1.29, 1.82) is 0 Å². The maximum absolute atomic E-state index is 12.5. The number of hydrogen-bond acceptors (Lipinski definition) is 12. The van der Waals surface area contributed by atoms with Gasteiger partial charge in [-0.05, 0) is 67.4 Å². The Kier molecular flexibility index (Phi) is 12.4. The normalized spacial score (nSPS) is 10.7. The quantitative estimate of drug-likeness (QED) is 0.0670. The number of rotatable bonds is 18. The Balaban J connectivity index is 1.32. The molecule has 3 aromatic carbocycles. The summed E-state index contributed by atoms with van der Waals surface area (Å²) in [5.74, 6) is 0.733. The first-order chi connectivity index (χ1) is 21.4. The summed E-state index contributed by atoms with van der Waals surface area (Å²) in [4.78, 5) is 36.8. The monoisotopic (exact) mass is 600 g/mol. The van der Waals surface area contributed by atoms with Gasteiger partial charge in [-0.1, -0.05) is 30.3 Å². The molecule has 12 heteroatoms. The van der Waals surface area contributed by atoms with E-state index in [0.29, 0.717) is 68.7 Å².